The molecule has 2 aliphatic heterocycles. The number of aromatic amines is 1. The average Bonchev–Trinajstić information content (AvgIpc) is 3.15. The van der Waals surface area contributed by atoms with E-state index in [0.717, 1.165) is 35.9 Å². The van der Waals surface area contributed by atoms with Crippen LogP contribution in [0.3, 0.4) is 0 Å². The molecule has 0 spiro atoms. The minimum atomic E-state index is -0.523. The second kappa shape index (κ2) is 10.7. The molecule has 3 heterocycles. The predicted molar refractivity (Wildman–Crippen MR) is 127 cm³/mol. The first-order valence-corrected chi connectivity index (χ1v) is 12.2. The number of hydrogen-bond donors (Lipinski definition) is 3. The van der Waals surface area contributed by atoms with Gasteiger partial charge in [-0.3, -0.25) is 9.59 Å². The molecule has 4 N–H and O–H groups in total. The number of rotatable bonds is 9. The first-order valence-electron chi connectivity index (χ1n) is 11.8. The highest BCUT2D eigenvalue weighted by Gasteiger charge is 2.39. The van der Waals surface area contributed by atoms with Gasteiger partial charge in [0.05, 0.1) is 11.1 Å². The molecule has 2 amide bonds. The largest absolute Gasteiger partial charge is 0.360 e. The molecule has 2 saturated heterocycles. The van der Waals surface area contributed by atoms with E-state index < -0.39 is 12.1 Å². The number of benzene rings is 1. The number of nitrogens with one attached hydrogen (secondary N) is 2. The van der Waals surface area contributed by atoms with Crippen LogP contribution in [0.5, 0.6) is 0 Å². The summed E-state index contributed by atoms with van der Waals surface area (Å²) in [6.07, 6.45) is 9.06. The fourth-order valence-corrected chi connectivity index (χ4v) is 4.90. The van der Waals surface area contributed by atoms with Gasteiger partial charge in [-0.1, -0.05) is 30.5 Å². The number of hydrogen-bond acceptors (Lipinski definition) is 4. The van der Waals surface area contributed by atoms with Crippen LogP contribution >= 0.6 is 11.6 Å². The van der Waals surface area contributed by atoms with Crippen LogP contribution in [-0.4, -0.2) is 64.9 Å². The minimum Gasteiger partial charge on any atom is -0.360 e. The molecule has 1 aromatic heterocycles. The third-order valence-electron chi connectivity index (χ3n) is 6.77. The number of nitrogens with zero attached hydrogens (tertiary/aromatic N) is 2. The molecule has 7 nitrogen and oxygen atoms in total. The van der Waals surface area contributed by atoms with Crippen molar-refractivity contribution < 1.29 is 9.59 Å². The maximum atomic E-state index is 12.8. The molecule has 2 fully saturated rings. The normalized spacial score (nSPS) is 20.2. The fraction of sp³-hybridized carbons (Fsp3) is 0.583. The summed E-state index contributed by atoms with van der Waals surface area (Å²) < 4.78 is 0. The molecule has 2 atom stereocenters. The Morgan fingerprint density at radius 2 is 2.00 bits per heavy atom. The third-order valence-corrected chi connectivity index (χ3v) is 7.09. The van der Waals surface area contributed by atoms with E-state index in [2.05, 4.69) is 15.2 Å². The Labute approximate surface area is 194 Å². The minimum absolute atomic E-state index is 0.102. The van der Waals surface area contributed by atoms with Gasteiger partial charge in [-0.15, -0.1) is 0 Å². The monoisotopic (exact) mass is 459 g/mol. The number of unbranched alkanes of at least 4 members (excludes halogenated alkanes) is 1. The van der Waals surface area contributed by atoms with Crippen molar-refractivity contribution >= 4 is 34.3 Å². The van der Waals surface area contributed by atoms with Crippen LogP contribution in [0.25, 0.3) is 10.9 Å². The van der Waals surface area contributed by atoms with Crippen molar-refractivity contribution in [3.8, 4) is 0 Å². The number of aromatic nitrogens is 1. The molecule has 0 saturated carbocycles. The Balaban J connectivity index is 1.20. The van der Waals surface area contributed by atoms with Crippen molar-refractivity contribution in [3.63, 3.8) is 0 Å². The second-order valence-electron chi connectivity index (χ2n) is 9.08. The fourth-order valence-electron chi connectivity index (χ4n) is 4.69. The first kappa shape index (κ1) is 23.1. The van der Waals surface area contributed by atoms with Crippen LogP contribution in [-0.2, 0) is 16.1 Å². The van der Waals surface area contributed by atoms with E-state index in [9.17, 15) is 9.59 Å². The lowest BCUT2D eigenvalue weighted by Crippen LogP contribution is -2.61. The zero-order valence-corrected chi connectivity index (χ0v) is 19.4. The molecular formula is C24H34ClN5O2. The van der Waals surface area contributed by atoms with E-state index in [1.54, 1.807) is 11.1 Å². The van der Waals surface area contributed by atoms with E-state index >= 15 is 0 Å². The van der Waals surface area contributed by atoms with Crippen molar-refractivity contribution in [2.75, 3.05) is 26.2 Å². The predicted octanol–water partition coefficient (Wildman–Crippen LogP) is 3.02. The lowest BCUT2D eigenvalue weighted by atomic mass is 9.98. The number of H-pyrrole nitrogens is 1. The second-order valence-corrected chi connectivity index (χ2v) is 9.48. The van der Waals surface area contributed by atoms with Crippen molar-refractivity contribution in [3.05, 3.63) is 35.0 Å². The van der Waals surface area contributed by atoms with Crippen molar-refractivity contribution in [1.82, 2.24) is 20.1 Å². The molecule has 32 heavy (non-hydrogen) atoms. The molecule has 0 aliphatic carbocycles. The third kappa shape index (κ3) is 5.45. The highest BCUT2D eigenvalue weighted by atomic mass is 35.5. The lowest BCUT2D eigenvalue weighted by molar-refractivity contribution is -0.148. The SMILES string of the molecule is NC(CCCCN1CCCCC1)C(=O)N1CC[C@H]1C(=O)NCc1ccc2[nH]cc(Cl)c2c1. The molecule has 174 valence electrons. The summed E-state index contributed by atoms with van der Waals surface area (Å²) in [4.78, 5) is 32.7. The van der Waals surface area contributed by atoms with Gasteiger partial charge in [-0.05, 0) is 69.4 Å². The number of amides is 2. The molecule has 2 aromatic rings. The van der Waals surface area contributed by atoms with Crippen LogP contribution in [0.1, 0.15) is 50.5 Å². The topological polar surface area (TPSA) is 94.5 Å². The van der Waals surface area contributed by atoms with Crippen LogP contribution in [0.4, 0.5) is 0 Å². The smallest absolute Gasteiger partial charge is 0.243 e. The molecule has 1 unspecified atom stereocenters. The highest BCUT2D eigenvalue weighted by Crippen LogP contribution is 2.24. The number of halogens is 1. The summed E-state index contributed by atoms with van der Waals surface area (Å²) >= 11 is 6.18. The summed E-state index contributed by atoms with van der Waals surface area (Å²) in [5.74, 6) is -0.225. The van der Waals surface area contributed by atoms with Crippen molar-refractivity contribution in [2.45, 2.75) is 63.6 Å². The van der Waals surface area contributed by atoms with Crippen LogP contribution in [0.2, 0.25) is 5.02 Å². The number of fused-ring (bicyclic) bond motifs is 1. The average molecular weight is 460 g/mol. The summed E-state index contributed by atoms with van der Waals surface area (Å²) in [7, 11) is 0. The van der Waals surface area contributed by atoms with Gasteiger partial charge in [0, 0.05) is 30.2 Å². The summed E-state index contributed by atoms with van der Waals surface area (Å²) in [6.45, 7) is 4.49. The summed E-state index contributed by atoms with van der Waals surface area (Å²) in [5, 5.41) is 4.55. The molecular weight excluding hydrogens is 426 g/mol. The van der Waals surface area contributed by atoms with Gasteiger partial charge in [0.2, 0.25) is 11.8 Å². The quantitative estimate of drug-likeness (QED) is 0.502. The standard InChI is InChI=1S/C24H34ClN5O2/c25-19-16-27-21-8-7-17(14-18(19)21)15-28-23(31)22-9-13-30(22)24(32)20(26)6-2-5-12-29-10-3-1-4-11-29/h7-8,14,16,20,22,27H,1-6,9-13,15,26H2,(H,28,31)/t20?,22-/m0/s1. The molecule has 0 bridgehead atoms. The van der Waals surface area contributed by atoms with Crippen molar-refractivity contribution in [2.24, 2.45) is 5.73 Å². The Bertz CT molecular complexity index is 940. The van der Waals surface area contributed by atoms with Gasteiger partial charge in [0.25, 0.3) is 0 Å². The maximum Gasteiger partial charge on any atom is 0.243 e. The molecule has 1 aromatic carbocycles. The van der Waals surface area contributed by atoms with Gasteiger partial charge in [-0.2, -0.15) is 0 Å². The zero-order chi connectivity index (χ0) is 22.5. The summed E-state index contributed by atoms with van der Waals surface area (Å²) in [6, 6.07) is 4.94. The Hall–Kier alpha value is -2.09. The van der Waals surface area contributed by atoms with E-state index in [-0.39, 0.29) is 11.8 Å². The van der Waals surface area contributed by atoms with E-state index in [1.807, 2.05) is 18.2 Å². The van der Waals surface area contributed by atoms with E-state index in [4.69, 9.17) is 17.3 Å². The number of piperidine rings is 1. The van der Waals surface area contributed by atoms with Crippen LogP contribution in [0, 0.1) is 0 Å². The number of likely N-dealkylation sites (tertiary alicyclic amines) is 2. The number of carbonyl (C=O) groups is 2. The highest BCUT2D eigenvalue weighted by molar-refractivity contribution is 6.35. The Morgan fingerprint density at radius 3 is 2.75 bits per heavy atom. The number of nitrogens with two attached hydrogens (primary N) is 1. The maximum absolute atomic E-state index is 12.8. The van der Waals surface area contributed by atoms with Gasteiger partial charge in [0.1, 0.15) is 6.04 Å². The molecule has 0 radical (unpaired) electrons. The number of carbonyl (C=O) groups excluding carboxylic acids is 2. The summed E-state index contributed by atoms with van der Waals surface area (Å²) in [5.41, 5.74) is 8.11. The molecule has 4 rings (SSSR count). The van der Waals surface area contributed by atoms with Gasteiger partial charge in [0.15, 0.2) is 0 Å². The lowest BCUT2D eigenvalue weighted by Gasteiger charge is -2.41. The first-order chi connectivity index (χ1) is 15.5. The molecule has 2 aliphatic rings. The van der Waals surface area contributed by atoms with E-state index in [1.165, 1.54) is 32.4 Å². The zero-order valence-electron chi connectivity index (χ0n) is 18.6. The Morgan fingerprint density at radius 1 is 1.19 bits per heavy atom. The van der Waals surface area contributed by atoms with Gasteiger partial charge in [-0.25, -0.2) is 0 Å². The van der Waals surface area contributed by atoms with Crippen molar-refractivity contribution in [1.29, 1.82) is 0 Å². The van der Waals surface area contributed by atoms with Gasteiger partial charge < -0.3 is 25.8 Å². The van der Waals surface area contributed by atoms with E-state index in [0.29, 0.717) is 31.0 Å². The molecule has 8 heteroatoms. The Kier molecular flexibility index (Phi) is 7.71. The van der Waals surface area contributed by atoms with Gasteiger partial charge >= 0.3 is 0 Å². The van der Waals surface area contributed by atoms with Crippen LogP contribution < -0.4 is 11.1 Å². The van der Waals surface area contributed by atoms with Crippen LogP contribution in [0.15, 0.2) is 24.4 Å².